The molecule has 0 N–H and O–H groups in total. The number of rotatable bonds is 5. The van der Waals surface area contributed by atoms with Crippen molar-refractivity contribution >= 4 is 17.5 Å². The van der Waals surface area contributed by atoms with Crippen molar-refractivity contribution in [3.8, 4) is 5.75 Å². The van der Waals surface area contributed by atoms with E-state index in [1.807, 2.05) is 31.2 Å². The van der Waals surface area contributed by atoms with E-state index in [9.17, 15) is 9.59 Å². The second-order valence-electron chi connectivity index (χ2n) is 8.21. The monoisotopic (exact) mass is 381 g/mol. The van der Waals surface area contributed by atoms with Gasteiger partial charge in [0.05, 0.1) is 7.11 Å². The predicted octanol–water partition coefficient (Wildman–Crippen LogP) is 4.24. The molecule has 1 aliphatic carbocycles. The van der Waals surface area contributed by atoms with Gasteiger partial charge < -0.3 is 9.47 Å². The molecule has 0 amide bonds. The molecule has 2 aliphatic rings. The minimum absolute atomic E-state index is 0.0526. The molecule has 28 heavy (non-hydrogen) atoms. The molecule has 3 rings (SSSR count). The van der Waals surface area contributed by atoms with Crippen molar-refractivity contribution in [3.05, 3.63) is 53.8 Å². The van der Waals surface area contributed by atoms with E-state index in [4.69, 9.17) is 14.5 Å². The van der Waals surface area contributed by atoms with Crippen LogP contribution >= 0.6 is 0 Å². The van der Waals surface area contributed by atoms with Gasteiger partial charge in [0.2, 0.25) is 0 Å². The second kappa shape index (κ2) is 7.74. The van der Waals surface area contributed by atoms with Crippen molar-refractivity contribution in [2.75, 3.05) is 13.7 Å². The molecule has 2 atom stereocenters. The van der Waals surface area contributed by atoms with Crippen LogP contribution in [0, 0.1) is 11.3 Å². The quantitative estimate of drug-likeness (QED) is 0.565. The van der Waals surface area contributed by atoms with Crippen LogP contribution in [0.3, 0.4) is 0 Å². The number of Topliss-reactive ketones (excluding diaryl/α,β-unsaturated/α-hetero) is 1. The second-order valence-corrected chi connectivity index (χ2v) is 8.21. The van der Waals surface area contributed by atoms with E-state index in [2.05, 4.69) is 20.4 Å². The smallest absolute Gasteiger partial charge is 0.315 e. The van der Waals surface area contributed by atoms with Crippen LogP contribution in [-0.2, 0) is 14.3 Å². The standard InChI is InChI=1S/C23H27NO4/c1-6-10-28-22(26)19-14(2)24-17-12-23(3,4)13-18(25)21(17)20(19)15-8-7-9-16(11-15)27-5/h6-9,11,19-20H,1,10,12-13H2,2-5H3/t19?,20-/m0/s1. The van der Waals surface area contributed by atoms with Crippen LogP contribution in [0.25, 0.3) is 0 Å². The average molecular weight is 381 g/mol. The Morgan fingerprint density at radius 1 is 1.36 bits per heavy atom. The lowest BCUT2D eigenvalue weighted by Crippen LogP contribution is -2.39. The Bertz CT molecular complexity index is 878. The number of allylic oxidation sites excluding steroid dienone is 2. The highest BCUT2D eigenvalue weighted by Crippen LogP contribution is 2.48. The van der Waals surface area contributed by atoms with Crippen LogP contribution in [0.15, 0.2) is 53.2 Å². The number of methoxy groups -OCH3 is 1. The number of carbonyl (C=O) groups excluding carboxylic acids is 2. The number of ether oxygens (including phenoxy) is 2. The molecule has 0 saturated heterocycles. The molecule has 5 nitrogen and oxygen atoms in total. The summed E-state index contributed by atoms with van der Waals surface area (Å²) >= 11 is 0. The lowest BCUT2D eigenvalue weighted by Gasteiger charge is -2.39. The zero-order chi connectivity index (χ0) is 20.5. The first-order valence-corrected chi connectivity index (χ1v) is 9.50. The number of ketones is 1. The van der Waals surface area contributed by atoms with Crippen molar-refractivity contribution in [3.63, 3.8) is 0 Å². The molecule has 1 aromatic rings. The SMILES string of the molecule is C=CCOC(=O)C1C(C)=NC2=C(C(=O)CC(C)(C)C2)[C@H]1c1cccc(OC)c1. The molecule has 1 aliphatic heterocycles. The molecule has 148 valence electrons. The fraction of sp³-hybridized carbons (Fsp3) is 0.435. The van der Waals surface area contributed by atoms with Crippen molar-refractivity contribution in [2.45, 2.75) is 39.5 Å². The molecule has 0 bridgehead atoms. The maximum absolute atomic E-state index is 13.1. The number of nitrogens with zero attached hydrogens (tertiary/aromatic N) is 1. The first-order valence-electron chi connectivity index (χ1n) is 9.50. The lowest BCUT2D eigenvalue weighted by atomic mass is 9.67. The molecule has 0 aromatic heterocycles. The van der Waals surface area contributed by atoms with E-state index >= 15 is 0 Å². The fourth-order valence-corrected chi connectivity index (χ4v) is 4.18. The third-order valence-electron chi connectivity index (χ3n) is 5.35. The van der Waals surface area contributed by atoms with Crippen LogP contribution in [0.2, 0.25) is 0 Å². The number of hydrogen-bond acceptors (Lipinski definition) is 5. The summed E-state index contributed by atoms with van der Waals surface area (Å²) < 4.78 is 10.7. The molecule has 0 saturated carbocycles. The fourth-order valence-electron chi connectivity index (χ4n) is 4.18. The predicted molar refractivity (Wildman–Crippen MR) is 109 cm³/mol. The Kier molecular flexibility index (Phi) is 5.54. The summed E-state index contributed by atoms with van der Waals surface area (Å²) in [6.07, 6.45) is 2.68. The van der Waals surface area contributed by atoms with E-state index in [0.29, 0.717) is 29.9 Å². The third-order valence-corrected chi connectivity index (χ3v) is 5.35. The Morgan fingerprint density at radius 2 is 2.11 bits per heavy atom. The molecule has 1 unspecified atom stereocenters. The maximum Gasteiger partial charge on any atom is 0.315 e. The largest absolute Gasteiger partial charge is 0.497 e. The number of hydrogen-bond donors (Lipinski definition) is 0. The summed E-state index contributed by atoms with van der Waals surface area (Å²) in [5.41, 5.74) is 2.81. The molecule has 0 spiro atoms. The van der Waals surface area contributed by atoms with Gasteiger partial charge in [-0.1, -0.05) is 38.6 Å². The van der Waals surface area contributed by atoms with Gasteiger partial charge in [-0.2, -0.15) is 0 Å². The molecule has 5 heteroatoms. The number of benzene rings is 1. The van der Waals surface area contributed by atoms with Crippen molar-refractivity contribution in [1.29, 1.82) is 0 Å². The third kappa shape index (κ3) is 3.79. The summed E-state index contributed by atoms with van der Waals surface area (Å²) in [7, 11) is 1.60. The van der Waals surface area contributed by atoms with Gasteiger partial charge in [0.15, 0.2) is 5.78 Å². The number of esters is 1. The Labute approximate surface area is 166 Å². The van der Waals surface area contributed by atoms with E-state index in [0.717, 1.165) is 11.3 Å². The Hall–Kier alpha value is -2.69. The van der Waals surface area contributed by atoms with Crippen LogP contribution < -0.4 is 4.74 Å². The highest BCUT2D eigenvalue weighted by atomic mass is 16.5. The van der Waals surface area contributed by atoms with E-state index in [-0.39, 0.29) is 17.8 Å². The highest BCUT2D eigenvalue weighted by molar-refractivity contribution is 6.09. The van der Waals surface area contributed by atoms with Crippen LogP contribution in [0.4, 0.5) is 0 Å². The van der Waals surface area contributed by atoms with E-state index < -0.39 is 17.8 Å². The summed E-state index contributed by atoms with van der Waals surface area (Å²) in [5, 5.41) is 0. The van der Waals surface area contributed by atoms with Crippen LogP contribution in [0.5, 0.6) is 5.75 Å². The summed E-state index contributed by atoms with van der Waals surface area (Å²) in [6, 6.07) is 7.53. The minimum atomic E-state index is -0.643. The van der Waals surface area contributed by atoms with Crippen LogP contribution in [-0.4, -0.2) is 31.2 Å². The average Bonchev–Trinajstić information content (AvgIpc) is 2.64. The maximum atomic E-state index is 13.1. The molecular formula is C23H27NO4. The molecule has 0 fully saturated rings. The van der Waals surface area contributed by atoms with Crippen molar-refractivity contribution in [2.24, 2.45) is 16.3 Å². The molecular weight excluding hydrogens is 354 g/mol. The normalized spacial score (nSPS) is 23.6. The minimum Gasteiger partial charge on any atom is -0.497 e. The zero-order valence-corrected chi connectivity index (χ0v) is 17.0. The van der Waals surface area contributed by atoms with Gasteiger partial charge in [-0.25, -0.2) is 0 Å². The topological polar surface area (TPSA) is 65.0 Å². The lowest BCUT2D eigenvalue weighted by molar-refractivity contribution is -0.145. The van der Waals surface area contributed by atoms with Gasteiger partial charge in [-0.3, -0.25) is 14.6 Å². The summed E-state index contributed by atoms with van der Waals surface area (Å²) in [6.45, 7) is 9.71. The first-order chi connectivity index (χ1) is 13.3. The summed E-state index contributed by atoms with van der Waals surface area (Å²) in [5.74, 6) is -0.726. The zero-order valence-electron chi connectivity index (χ0n) is 17.0. The molecule has 0 radical (unpaired) electrons. The molecule has 1 heterocycles. The van der Waals surface area contributed by atoms with E-state index in [1.54, 1.807) is 7.11 Å². The first kappa shape index (κ1) is 20.1. The molecule has 1 aromatic carbocycles. The number of carbonyl (C=O) groups is 2. The van der Waals surface area contributed by atoms with Crippen LogP contribution in [0.1, 0.15) is 45.1 Å². The van der Waals surface area contributed by atoms with Gasteiger partial charge in [0.25, 0.3) is 0 Å². The van der Waals surface area contributed by atoms with Crippen molar-refractivity contribution in [1.82, 2.24) is 0 Å². The van der Waals surface area contributed by atoms with Gasteiger partial charge >= 0.3 is 5.97 Å². The summed E-state index contributed by atoms with van der Waals surface area (Å²) in [4.78, 5) is 30.7. The van der Waals surface area contributed by atoms with Gasteiger partial charge in [-0.15, -0.1) is 0 Å². The van der Waals surface area contributed by atoms with Crippen molar-refractivity contribution < 1.29 is 19.1 Å². The Balaban J connectivity index is 2.15. The van der Waals surface area contributed by atoms with Gasteiger partial charge in [0, 0.05) is 29.3 Å². The van der Waals surface area contributed by atoms with Gasteiger partial charge in [0.1, 0.15) is 18.3 Å². The Morgan fingerprint density at radius 3 is 2.79 bits per heavy atom. The number of aliphatic imine (C=N–C) groups is 1. The highest BCUT2D eigenvalue weighted by Gasteiger charge is 2.46. The van der Waals surface area contributed by atoms with E-state index in [1.165, 1.54) is 6.08 Å². The van der Waals surface area contributed by atoms with Gasteiger partial charge in [-0.05, 0) is 36.5 Å².